The van der Waals surface area contributed by atoms with Crippen LogP contribution in [0.15, 0.2) is 6.33 Å². The van der Waals surface area contributed by atoms with Crippen molar-refractivity contribution in [1.82, 2.24) is 9.36 Å². The van der Waals surface area contributed by atoms with Crippen LogP contribution in [-0.4, -0.2) is 29.1 Å². The number of nitrogens with zero attached hydrogens (tertiary/aromatic N) is 2. The summed E-state index contributed by atoms with van der Waals surface area (Å²) in [6.45, 7) is 2.76. The van der Waals surface area contributed by atoms with Crippen molar-refractivity contribution >= 4 is 16.7 Å². The normalized spacial score (nSPS) is 22.9. The monoisotopic (exact) mass is 199 g/mol. The fourth-order valence-corrected chi connectivity index (χ4v) is 1.89. The maximum absolute atomic E-state index is 5.38. The van der Waals surface area contributed by atoms with Gasteiger partial charge in [-0.2, -0.15) is 4.37 Å². The van der Waals surface area contributed by atoms with Gasteiger partial charge in [-0.25, -0.2) is 4.98 Å². The molecule has 1 fully saturated rings. The van der Waals surface area contributed by atoms with Crippen molar-refractivity contribution in [3.63, 3.8) is 0 Å². The number of hydrogen-bond acceptors (Lipinski definition) is 5. The van der Waals surface area contributed by atoms with Crippen LogP contribution in [0.4, 0.5) is 5.13 Å². The Kier molecular flexibility index (Phi) is 3.10. The number of hydrogen-bond donors (Lipinski definition) is 1. The van der Waals surface area contributed by atoms with E-state index in [9.17, 15) is 0 Å². The largest absolute Gasteiger partial charge is 0.381 e. The molecule has 72 valence electrons. The molecule has 1 N–H and O–H groups in total. The zero-order valence-electron chi connectivity index (χ0n) is 7.40. The van der Waals surface area contributed by atoms with E-state index in [-0.39, 0.29) is 0 Å². The predicted octanol–water partition coefficient (Wildman–Crippen LogP) is 1.38. The highest BCUT2D eigenvalue weighted by atomic mass is 32.1. The van der Waals surface area contributed by atoms with Crippen LogP contribution in [0.5, 0.6) is 0 Å². The third-order valence-corrected chi connectivity index (χ3v) is 2.78. The molecule has 1 aromatic rings. The van der Waals surface area contributed by atoms with E-state index in [2.05, 4.69) is 14.7 Å². The minimum Gasteiger partial charge on any atom is -0.381 e. The Morgan fingerprint density at radius 2 is 2.69 bits per heavy atom. The zero-order chi connectivity index (χ0) is 8.93. The second-order valence-corrected chi connectivity index (χ2v) is 3.99. The van der Waals surface area contributed by atoms with Crippen LogP contribution >= 0.6 is 11.5 Å². The lowest BCUT2D eigenvalue weighted by Crippen LogP contribution is -2.24. The molecule has 1 saturated heterocycles. The van der Waals surface area contributed by atoms with Crippen LogP contribution in [0.3, 0.4) is 0 Å². The fraction of sp³-hybridized carbons (Fsp3) is 0.750. The molecule has 0 bridgehead atoms. The summed E-state index contributed by atoms with van der Waals surface area (Å²) in [5.74, 6) is 0.637. The van der Waals surface area contributed by atoms with E-state index in [0.717, 1.165) is 24.9 Å². The van der Waals surface area contributed by atoms with Crippen molar-refractivity contribution in [2.45, 2.75) is 12.8 Å². The molecule has 2 heterocycles. The molecule has 0 aliphatic carbocycles. The lowest BCUT2D eigenvalue weighted by Gasteiger charge is -2.21. The van der Waals surface area contributed by atoms with E-state index in [1.807, 2.05) is 0 Å². The van der Waals surface area contributed by atoms with E-state index >= 15 is 0 Å². The van der Waals surface area contributed by atoms with Gasteiger partial charge in [0.2, 0.25) is 5.13 Å². The summed E-state index contributed by atoms with van der Waals surface area (Å²) >= 11 is 1.40. The maximum Gasteiger partial charge on any atom is 0.202 e. The van der Waals surface area contributed by atoms with Gasteiger partial charge in [0.15, 0.2) is 0 Å². The minimum atomic E-state index is 0.637. The molecule has 1 aliphatic rings. The van der Waals surface area contributed by atoms with Gasteiger partial charge in [-0.05, 0) is 18.8 Å². The van der Waals surface area contributed by atoms with Crippen molar-refractivity contribution < 1.29 is 4.74 Å². The predicted molar refractivity (Wildman–Crippen MR) is 51.9 cm³/mol. The Morgan fingerprint density at radius 3 is 3.38 bits per heavy atom. The Balaban J connectivity index is 1.72. The van der Waals surface area contributed by atoms with Gasteiger partial charge >= 0.3 is 0 Å². The summed E-state index contributed by atoms with van der Waals surface area (Å²) in [5.41, 5.74) is 0. The van der Waals surface area contributed by atoms with Crippen molar-refractivity contribution in [2.24, 2.45) is 5.92 Å². The molecule has 1 unspecified atom stereocenters. The van der Waals surface area contributed by atoms with Gasteiger partial charge in [0, 0.05) is 24.7 Å². The van der Waals surface area contributed by atoms with Crippen LogP contribution in [0.1, 0.15) is 12.8 Å². The van der Waals surface area contributed by atoms with E-state index in [1.165, 1.54) is 24.4 Å². The van der Waals surface area contributed by atoms with E-state index in [4.69, 9.17) is 4.74 Å². The van der Waals surface area contributed by atoms with E-state index in [1.54, 1.807) is 6.33 Å². The molecule has 1 aromatic heterocycles. The van der Waals surface area contributed by atoms with E-state index < -0.39 is 0 Å². The van der Waals surface area contributed by atoms with Crippen molar-refractivity contribution in [3.05, 3.63) is 6.33 Å². The lowest BCUT2D eigenvalue weighted by molar-refractivity contribution is 0.0595. The van der Waals surface area contributed by atoms with Gasteiger partial charge in [0.05, 0.1) is 6.61 Å². The van der Waals surface area contributed by atoms with Crippen LogP contribution in [0, 0.1) is 5.92 Å². The minimum absolute atomic E-state index is 0.637. The maximum atomic E-state index is 5.38. The van der Waals surface area contributed by atoms with Crippen LogP contribution < -0.4 is 5.32 Å². The molecule has 0 amide bonds. The number of nitrogens with one attached hydrogen (secondary N) is 1. The first-order valence-electron chi connectivity index (χ1n) is 4.53. The molecular weight excluding hydrogens is 186 g/mol. The molecule has 1 aliphatic heterocycles. The van der Waals surface area contributed by atoms with Gasteiger partial charge in [-0.3, -0.25) is 0 Å². The molecule has 0 spiro atoms. The average molecular weight is 199 g/mol. The summed E-state index contributed by atoms with van der Waals surface area (Å²) in [6.07, 6.45) is 4.01. The van der Waals surface area contributed by atoms with Gasteiger partial charge in [0.25, 0.3) is 0 Å². The number of anilines is 1. The second-order valence-electron chi connectivity index (χ2n) is 3.21. The molecule has 13 heavy (non-hydrogen) atoms. The summed E-state index contributed by atoms with van der Waals surface area (Å²) < 4.78 is 9.30. The summed E-state index contributed by atoms with van der Waals surface area (Å²) in [5, 5.41) is 4.17. The Hall–Kier alpha value is -0.680. The molecule has 4 nitrogen and oxygen atoms in total. The Morgan fingerprint density at radius 1 is 1.69 bits per heavy atom. The highest BCUT2D eigenvalue weighted by molar-refractivity contribution is 7.09. The third-order valence-electron chi connectivity index (χ3n) is 2.16. The molecule has 0 saturated carbocycles. The van der Waals surface area contributed by atoms with Gasteiger partial charge in [-0.1, -0.05) is 0 Å². The fourth-order valence-electron chi connectivity index (χ4n) is 1.45. The van der Waals surface area contributed by atoms with Crippen LogP contribution in [-0.2, 0) is 4.74 Å². The van der Waals surface area contributed by atoms with Crippen LogP contribution in [0.2, 0.25) is 0 Å². The first-order valence-corrected chi connectivity index (χ1v) is 5.31. The Labute approximate surface area is 81.5 Å². The average Bonchev–Trinajstić information content (AvgIpc) is 2.69. The third kappa shape index (κ3) is 2.63. The highest BCUT2D eigenvalue weighted by Gasteiger charge is 2.13. The zero-order valence-corrected chi connectivity index (χ0v) is 8.22. The molecule has 2 rings (SSSR count). The molecule has 0 aromatic carbocycles. The van der Waals surface area contributed by atoms with Crippen molar-refractivity contribution in [2.75, 3.05) is 25.1 Å². The Bertz CT molecular complexity index is 234. The number of rotatable bonds is 3. The van der Waals surface area contributed by atoms with Crippen LogP contribution in [0.25, 0.3) is 0 Å². The molecule has 0 radical (unpaired) electrons. The van der Waals surface area contributed by atoms with Gasteiger partial charge in [-0.15, -0.1) is 0 Å². The molecule has 1 atom stereocenters. The first kappa shape index (κ1) is 8.90. The smallest absolute Gasteiger partial charge is 0.202 e. The van der Waals surface area contributed by atoms with Crippen molar-refractivity contribution in [3.8, 4) is 0 Å². The summed E-state index contributed by atoms with van der Waals surface area (Å²) in [6, 6.07) is 0. The molecular formula is C8H13N3OS. The quantitative estimate of drug-likeness (QED) is 0.799. The SMILES string of the molecule is c1nsc(NCC2CCCOC2)n1. The van der Waals surface area contributed by atoms with E-state index in [0.29, 0.717) is 5.92 Å². The van der Waals surface area contributed by atoms with Gasteiger partial charge < -0.3 is 10.1 Å². The highest BCUT2D eigenvalue weighted by Crippen LogP contribution is 2.15. The topological polar surface area (TPSA) is 47.0 Å². The second kappa shape index (κ2) is 4.53. The first-order chi connectivity index (χ1) is 6.45. The molecule has 5 heteroatoms. The lowest BCUT2D eigenvalue weighted by atomic mass is 10.0. The standard InChI is InChI=1S/C8H13N3OS/c1-2-7(5-12-3-1)4-9-8-10-6-11-13-8/h6-7H,1-5H2,(H,9,10,11). The summed E-state index contributed by atoms with van der Waals surface area (Å²) in [7, 11) is 0. The number of ether oxygens (including phenoxy) is 1. The number of aromatic nitrogens is 2. The summed E-state index contributed by atoms with van der Waals surface area (Å²) in [4.78, 5) is 4.06. The van der Waals surface area contributed by atoms with Gasteiger partial charge in [0.1, 0.15) is 6.33 Å². The van der Waals surface area contributed by atoms with Crippen molar-refractivity contribution in [1.29, 1.82) is 0 Å².